The third-order valence-electron chi connectivity index (χ3n) is 4.36. The van der Waals surface area contributed by atoms with Crippen molar-refractivity contribution in [2.75, 3.05) is 12.3 Å². The lowest BCUT2D eigenvalue weighted by Gasteiger charge is -2.28. The highest BCUT2D eigenvalue weighted by molar-refractivity contribution is 7.99. The maximum absolute atomic E-state index is 3.86. The SMILES string of the molecule is CCSC1CCC(NC(C)CC2CCCCN2)C1. The van der Waals surface area contributed by atoms with E-state index in [1.165, 1.54) is 57.2 Å². The first-order valence-corrected chi connectivity index (χ1v) is 8.93. The molecule has 106 valence electrons. The van der Waals surface area contributed by atoms with Crippen molar-refractivity contribution in [2.24, 2.45) is 0 Å². The Morgan fingerprint density at radius 2 is 2.17 bits per heavy atom. The Hall–Kier alpha value is 0.270. The van der Waals surface area contributed by atoms with Crippen LogP contribution in [-0.4, -0.2) is 35.7 Å². The van der Waals surface area contributed by atoms with Gasteiger partial charge in [-0.1, -0.05) is 13.3 Å². The number of rotatable bonds is 6. The molecule has 4 atom stereocenters. The summed E-state index contributed by atoms with van der Waals surface area (Å²) >= 11 is 2.15. The highest BCUT2D eigenvalue weighted by atomic mass is 32.2. The molecule has 2 aliphatic rings. The molecule has 1 aliphatic heterocycles. The summed E-state index contributed by atoms with van der Waals surface area (Å²) in [7, 11) is 0. The lowest BCUT2D eigenvalue weighted by molar-refractivity contribution is 0.329. The van der Waals surface area contributed by atoms with Crippen molar-refractivity contribution in [1.29, 1.82) is 0 Å². The molecule has 2 N–H and O–H groups in total. The van der Waals surface area contributed by atoms with Crippen LogP contribution in [0.5, 0.6) is 0 Å². The molecule has 1 heterocycles. The Morgan fingerprint density at radius 1 is 1.28 bits per heavy atom. The Labute approximate surface area is 117 Å². The van der Waals surface area contributed by atoms with Gasteiger partial charge < -0.3 is 10.6 Å². The molecule has 0 aromatic rings. The largest absolute Gasteiger partial charge is 0.314 e. The van der Waals surface area contributed by atoms with E-state index in [9.17, 15) is 0 Å². The summed E-state index contributed by atoms with van der Waals surface area (Å²) in [6.07, 6.45) is 9.68. The first kappa shape index (κ1) is 14.7. The fourth-order valence-corrected chi connectivity index (χ4v) is 4.64. The summed E-state index contributed by atoms with van der Waals surface area (Å²) in [5.74, 6) is 1.28. The molecule has 0 spiro atoms. The number of hydrogen-bond donors (Lipinski definition) is 2. The molecule has 3 heteroatoms. The third-order valence-corrected chi connectivity index (χ3v) is 5.59. The minimum Gasteiger partial charge on any atom is -0.314 e. The molecule has 0 radical (unpaired) electrons. The molecule has 0 bridgehead atoms. The van der Waals surface area contributed by atoms with Gasteiger partial charge in [0.2, 0.25) is 0 Å². The van der Waals surface area contributed by atoms with Crippen LogP contribution in [0.4, 0.5) is 0 Å². The van der Waals surface area contributed by atoms with Crippen LogP contribution in [0.3, 0.4) is 0 Å². The second kappa shape index (κ2) is 7.76. The standard InChI is InChI=1S/C15H30N2S/c1-3-18-15-8-7-14(11-15)17-12(2)10-13-6-4-5-9-16-13/h12-17H,3-11H2,1-2H3. The van der Waals surface area contributed by atoms with Crippen molar-refractivity contribution in [3.8, 4) is 0 Å². The van der Waals surface area contributed by atoms with Gasteiger partial charge in [-0.2, -0.15) is 11.8 Å². The summed E-state index contributed by atoms with van der Waals surface area (Å²) in [5, 5.41) is 8.44. The third kappa shape index (κ3) is 4.75. The number of piperidine rings is 1. The van der Waals surface area contributed by atoms with Gasteiger partial charge in [0, 0.05) is 23.4 Å². The Morgan fingerprint density at radius 3 is 2.89 bits per heavy atom. The van der Waals surface area contributed by atoms with Crippen molar-refractivity contribution >= 4 is 11.8 Å². The van der Waals surface area contributed by atoms with Crippen molar-refractivity contribution < 1.29 is 0 Å². The zero-order chi connectivity index (χ0) is 12.8. The average molecular weight is 270 g/mol. The number of thioether (sulfide) groups is 1. The summed E-state index contributed by atoms with van der Waals surface area (Å²) in [6.45, 7) is 5.88. The maximum atomic E-state index is 3.86. The molecule has 1 aliphatic carbocycles. The molecule has 2 fully saturated rings. The van der Waals surface area contributed by atoms with Crippen molar-refractivity contribution in [2.45, 2.75) is 82.2 Å². The predicted octanol–water partition coefficient (Wildman–Crippen LogP) is 3.17. The Bertz CT molecular complexity index is 229. The lowest BCUT2D eigenvalue weighted by atomic mass is 9.98. The van der Waals surface area contributed by atoms with Gasteiger partial charge in [0.25, 0.3) is 0 Å². The van der Waals surface area contributed by atoms with Crippen LogP contribution in [0.1, 0.15) is 58.8 Å². The van der Waals surface area contributed by atoms with E-state index in [2.05, 4.69) is 36.2 Å². The zero-order valence-corrected chi connectivity index (χ0v) is 12.9. The monoisotopic (exact) mass is 270 g/mol. The molecule has 1 saturated heterocycles. The van der Waals surface area contributed by atoms with E-state index in [1.807, 2.05) is 0 Å². The number of hydrogen-bond acceptors (Lipinski definition) is 3. The van der Waals surface area contributed by atoms with Crippen LogP contribution in [0.15, 0.2) is 0 Å². The molecule has 18 heavy (non-hydrogen) atoms. The first-order valence-electron chi connectivity index (χ1n) is 7.89. The molecule has 2 rings (SSSR count). The summed E-state index contributed by atoms with van der Waals surface area (Å²) in [4.78, 5) is 0. The lowest BCUT2D eigenvalue weighted by Crippen LogP contribution is -2.42. The van der Waals surface area contributed by atoms with Gasteiger partial charge in [0.05, 0.1) is 0 Å². The van der Waals surface area contributed by atoms with Gasteiger partial charge in [0.15, 0.2) is 0 Å². The smallest absolute Gasteiger partial charge is 0.00817 e. The normalized spacial score (nSPS) is 34.7. The van der Waals surface area contributed by atoms with Gasteiger partial charge in [-0.25, -0.2) is 0 Å². The van der Waals surface area contributed by atoms with E-state index in [1.54, 1.807) is 0 Å². The van der Waals surface area contributed by atoms with E-state index >= 15 is 0 Å². The van der Waals surface area contributed by atoms with Gasteiger partial charge in [-0.3, -0.25) is 0 Å². The van der Waals surface area contributed by atoms with Crippen LogP contribution in [0.2, 0.25) is 0 Å². The molecular formula is C15H30N2S. The summed E-state index contributed by atoms with van der Waals surface area (Å²) in [6, 6.07) is 2.23. The van der Waals surface area contributed by atoms with Crippen LogP contribution >= 0.6 is 11.8 Å². The van der Waals surface area contributed by atoms with Crippen LogP contribution < -0.4 is 10.6 Å². The minimum atomic E-state index is 0.677. The molecular weight excluding hydrogens is 240 g/mol. The van der Waals surface area contributed by atoms with Crippen molar-refractivity contribution in [1.82, 2.24) is 10.6 Å². The van der Waals surface area contributed by atoms with Crippen LogP contribution in [0, 0.1) is 0 Å². The second-order valence-electron chi connectivity index (χ2n) is 6.04. The topological polar surface area (TPSA) is 24.1 Å². The molecule has 4 unspecified atom stereocenters. The fourth-order valence-electron chi connectivity index (χ4n) is 3.50. The van der Waals surface area contributed by atoms with Crippen LogP contribution in [-0.2, 0) is 0 Å². The minimum absolute atomic E-state index is 0.677. The van der Waals surface area contributed by atoms with Gasteiger partial charge in [-0.15, -0.1) is 0 Å². The first-order chi connectivity index (χ1) is 8.78. The van der Waals surface area contributed by atoms with Crippen molar-refractivity contribution in [3.63, 3.8) is 0 Å². The van der Waals surface area contributed by atoms with Crippen molar-refractivity contribution in [3.05, 3.63) is 0 Å². The highest BCUT2D eigenvalue weighted by Crippen LogP contribution is 2.30. The van der Waals surface area contributed by atoms with Crippen LogP contribution in [0.25, 0.3) is 0 Å². The summed E-state index contributed by atoms with van der Waals surface area (Å²) in [5.41, 5.74) is 0. The number of nitrogens with one attached hydrogen (secondary N) is 2. The van der Waals surface area contributed by atoms with E-state index in [0.717, 1.165) is 17.3 Å². The Balaban J connectivity index is 1.63. The Kier molecular flexibility index (Phi) is 6.33. The zero-order valence-electron chi connectivity index (χ0n) is 12.1. The quantitative estimate of drug-likeness (QED) is 0.775. The second-order valence-corrected chi connectivity index (χ2v) is 7.61. The van der Waals surface area contributed by atoms with Gasteiger partial charge in [-0.05, 0) is 57.7 Å². The summed E-state index contributed by atoms with van der Waals surface area (Å²) < 4.78 is 0. The van der Waals surface area contributed by atoms with Gasteiger partial charge >= 0.3 is 0 Å². The molecule has 0 amide bonds. The van der Waals surface area contributed by atoms with E-state index in [0.29, 0.717) is 6.04 Å². The van der Waals surface area contributed by atoms with E-state index < -0.39 is 0 Å². The fraction of sp³-hybridized carbons (Fsp3) is 1.00. The predicted molar refractivity (Wildman–Crippen MR) is 82.4 cm³/mol. The maximum Gasteiger partial charge on any atom is 0.00817 e. The van der Waals surface area contributed by atoms with E-state index in [-0.39, 0.29) is 0 Å². The highest BCUT2D eigenvalue weighted by Gasteiger charge is 2.26. The molecule has 0 aromatic carbocycles. The molecule has 0 aromatic heterocycles. The van der Waals surface area contributed by atoms with Gasteiger partial charge in [0.1, 0.15) is 0 Å². The molecule has 1 saturated carbocycles. The molecule has 2 nitrogen and oxygen atoms in total. The van der Waals surface area contributed by atoms with E-state index in [4.69, 9.17) is 0 Å². The average Bonchev–Trinajstić information content (AvgIpc) is 2.78.